The number of nitrogens with zero attached hydrogens (tertiary/aromatic N) is 3. The van der Waals surface area contributed by atoms with Gasteiger partial charge in [0.25, 0.3) is 0 Å². The molecule has 4 nitrogen and oxygen atoms in total. The van der Waals surface area contributed by atoms with Crippen molar-refractivity contribution in [1.29, 1.82) is 0 Å². The van der Waals surface area contributed by atoms with E-state index in [1.165, 1.54) is 0 Å². The van der Waals surface area contributed by atoms with E-state index in [0.29, 0.717) is 11.3 Å². The smallest absolute Gasteiger partial charge is 0.178 e. The molecular weight excluding hydrogens is 282 g/mol. The number of hydrogen-bond acceptors (Lipinski definition) is 3. The van der Waals surface area contributed by atoms with Crippen molar-refractivity contribution in [3.8, 4) is 11.4 Å². The van der Waals surface area contributed by atoms with E-state index in [4.69, 9.17) is 0 Å². The molecule has 0 aliphatic carbocycles. The van der Waals surface area contributed by atoms with Crippen LogP contribution in [-0.2, 0) is 0 Å². The standard InChI is InChI=1S/C12H8BrN3O/c13-9-3-4-10-11(6-9)16(17)12(15-10)8-2-1-5-14-7-8/h1-7,17H. The Bertz CT molecular complexity index is 679. The number of hydrogen-bond donors (Lipinski definition) is 1. The highest BCUT2D eigenvalue weighted by Crippen LogP contribution is 2.24. The van der Waals surface area contributed by atoms with Gasteiger partial charge in [-0.05, 0) is 30.3 Å². The van der Waals surface area contributed by atoms with Crippen LogP contribution in [0.1, 0.15) is 0 Å². The summed E-state index contributed by atoms with van der Waals surface area (Å²) in [6.45, 7) is 0. The van der Waals surface area contributed by atoms with E-state index in [0.717, 1.165) is 20.3 Å². The predicted molar refractivity (Wildman–Crippen MR) is 67.8 cm³/mol. The van der Waals surface area contributed by atoms with E-state index in [9.17, 15) is 5.21 Å². The molecule has 0 fully saturated rings. The molecule has 2 heterocycles. The lowest BCUT2D eigenvalue weighted by Crippen LogP contribution is -1.94. The average Bonchev–Trinajstić information content (AvgIpc) is 2.68. The fourth-order valence-electron chi connectivity index (χ4n) is 1.72. The Morgan fingerprint density at radius 1 is 1.24 bits per heavy atom. The lowest BCUT2D eigenvalue weighted by Gasteiger charge is -1.99. The van der Waals surface area contributed by atoms with Gasteiger partial charge in [-0.2, -0.15) is 4.73 Å². The molecular formula is C12H8BrN3O. The molecule has 0 saturated carbocycles. The zero-order valence-electron chi connectivity index (χ0n) is 8.71. The fourth-order valence-corrected chi connectivity index (χ4v) is 2.07. The zero-order valence-corrected chi connectivity index (χ0v) is 10.3. The van der Waals surface area contributed by atoms with E-state index in [2.05, 4.69) is 25.9 Å². The SMILES string of the molecule is On1c(-c2cccnc2)nc2ccc(Br)cc21. The van der Waals surface area contributed by atoms with E-state index >= 15 is 0 Å². The van der Waals surface area contributed by atoms with Crippen molar-refractivity contribution in [2.24, 2.45) is 0 Å². The topological polar surface area (TPSA) is 50.9 Å². The molecule has 0 unspecified atom stereocenters. The molecule has 0 aliphatic heterocycles. The molecule has 1 N–H and O–H groups in total. The minimum Gasteiger partial charge on any atom is -0.426 e. The average molecular weight is 290 g/mol. The van der Waals surface area contributed by atoms with Crippen LogP contribution in [-0.4, -0.2) is 19.9 Å². The summed E-state index contributed by atoms with van der Waals surface area (Å²) in [6, 6.07) is 9.23. The number of pyridine rings is 1. The molecule has 0 aliphatic rings. The van der Waals surface area contributed by atoms with E-state index in [1.807, 2.05) is 30.3 Å². The molecule has 0 bridgehead atoms. The molecule has 3 aromatic rings. The third kappa shape index (κ3) is 1.68. The fraction of sp³-hybridized carbons (Fsp3) is 0. The summed E-state index contributed by atoms with van der Waals surface area (Å²) >= 11 is 3.37. The van der Waals surface area contributed by atoms with E-state index < -0.39 is 0 Å². The normalized spacial score (nSPS) is 10.9. The van der Waals surface area contributed by atoms with Gasteiger partial charge in [-0.15, -0.1) is 0 Å². The van der Waals surface area contributed by atoms with Crippen LogP contribution in [0.25, 0.3) is 22.4 Å². The highest BCUT2D eigenvalue weighted by Gasteiger charge is 2.11. The van der Waals surface area contributed by atoms with Crippen LogP contribution in [0.3, 0.4) is 0 Å². The number of aromatic nitrogens is 3. The molecule has 0 atom stereocenters. The van der Waals surface area contributed by atoms with Gasteiger partial charge < -0.3 is 5.21 Å². The Kier molecular flexibility index (Phi) is 2.33. The Balaban J connectivity index is 2.28. The summed E-state index contributed by atoms with van der Waals surface area (Å²) in [6.07, 6.45) is 3.35. The van der Waals surface area contributed by atoms with Crippen LogP contribution in [0.5, 0.6) is 0 Å². The van der Waals surface area contributed by atoms with Gasteiger partial charge >= 0.3 is 0 Å². The van der Waals surface area contributed by atoms with E-state index in [1.54, 1.807) is 12.4 Å². The third-order valence-corrected chi connectivity index (χ3v) is 3.01. The van der Waals surface area contributed by atoms with Crippen molar-refractivity contribution in [1.82, 2.24) is 14.7 Å². The summed E-state index contributed by atoms with van der Waals surface area (Å²) in [5, 5.41) is 10.1. The number of fused-ring (bicyclic) bond motifs is 1. The maximum absolute atomic E-state index is 10.1. The van der Waals surface area contributed by atoms with Crippen molar-refractivity contribution < 1.29 is 5.21 Å². The minimum atomic E-state index is 0.492. The molecule has 5 heteroatoms. The zero-order chi connectivity index (χ0) is 11.8. The Hall–Kier alpha value is -1.88. The molecule has 17 heavy (non-hydrogen) atoms. The molecule has 1 aromatic carbocycles. The molecule has 0 amide bonds. The van der Waals surface area contributed by atoms with Crippen molar-refractivity contribution in [2.45, 2.75) is 0 Å². The highest BCUT2D eigenvalue weighted by molar-refractivity contribution is 9.10. The number of imidazole rings is 1. The van der Waals surface area contributed by atoms with Crippen LogP contribution in [0.15, 0.2) is 47.2 Å². The quantitative estimate of drug-likeness (QED) is 0.701. The van der Waals surface area contributed by atoms with Crippen molar-refractivity contribution in [2.75, 3.05) is 0 Å². The van der Waals surface area contributed by atoms with Gasteiger partial charge in [0, 0.05) is 22.4 Å². The maximum Gasteiger partial charge on any atom is 0.178 e. The van der Waals surface area contributed by atoms with Crippen LogP contribution in [0.4, 0.5) is 0 Å². The van der Waals surface area contributed by atoms with Gasteiger partial charge in [-0.1, -0.05) is 15.9 Å². The second kappa shape index (κ2) is 3.85. The summed E-state index contributed by atoms with van der Waals surface area (Å²) in [7, 11) is 0. The first-order chi connectivity index (χ1) is 8.25. The van der Waals surface area contributed by atoms with Gasteiger partial charge in [-0.3, -0.25) is 4.98 Å². The molecule has 84 valence electrons. The predicted octanol–water partition coefficient (Wildman–Crippen LogP) is 3.10. The van der Waals surface area contributed by atoms with Crippen LogP contribution in [0, 0.1) is 0 Å². The van der Waals surface area contributed by atoms with Crippen molar-refractivity contribution in [3.05, 3.63) is 47.2 Å². The Morgan fingerprint density at radius 2 is 2.12 bits per heavy atom. The molecule has 0 spiro atoms. The first-order valence-corrected chi connectivity index (χ1v) is 5.82. The Labute approximate surface area is 106 Å². The summed E-state index contributed by atoms with van der Waals surface area (Å²) in [5.74, 6) is 0.492. The lowest BCUT2D eigenvalue weighted by molar-refractivity contribution is 0.203. The Morgan fingerprint density at radius 3 is 2.88 bits per heavy atom. The first kappa shape index (κ1) is 10.3. The summed E-state index contributed by atoms with van der Waals surface area (Å²) < 4.78 is 1.98. The van der Waals surface area contributed by atoms with Gasteiger partial charge in [0.1, 0.15) is 5.52 Å². The molecule has 2 aromatic heterocycles. The van der Waals surface area contributed by atoms with Gasteiger partial charge in [0.15, 0.2) is 5.82 Å². The third-order valence-electron chi connectivity index (χ3n) is 2.51. The monoisotopic (exact) mass is 289 g/mol. The number of halogens is 1. The van der Waals surface area contributed by atoms with Gasteiger partial charge in [-0.25, -0.2) is 4.98 Å². The van der Waals surface area contributed by atoms with Gasteiger partial charge in [0.05, 0.1) is 5.52 Å². The molecule has 3 rings (SSSR count). The molecule has 0 radical (unpaired) electrons. The number of benzene rings is 1. The maximum atomic E-state index is 10.1. The van der Waals surface area contributed by atoms with Gasteiger partial charge in [0.2, 0.25) is 0 Å². The second-order valence-corrected chi connectivity index (χ2v) is 4.54. The largest absolute Gasteiger partial charge is 0.426 e. The van der Waals surface area contributed by atoms with Crippen LogP contribution < -0.4 is 0 Å². The minimum absolute atomic E-state index is 0.492. The summed E-state index contributed by atoms with van der Waals surface area (Å²) in [5.41, 5.74) is 2.19. The number of rotatable bonds is 1. The first-order valence-electron chi connectivity index (χ1n) is 5.03. The highest BCUT2D eigenvalue weighted by atomic mass is 79.9. The van der Waals surface area contributed by atoms with Crippen LogP contribution >= 0.6 is 15.9 Å². The van der Waals surface area contributed by atoms with Crippen molar-refractivity contribution >= 4 is 27.0 Å². The lowest BCUT2D eigenvalue weighted by atomic mass is 10.3. The molecule has 0 saturated heterocycles. The van der Waals surface area contributed by atoms with Crippen molar-refractivity contribution in [3.63, 3.8) is 0 Å². The van der Waals surface area contributed by atoms with E-state index in [-0.39, 0.29) is 0 Å². The van der Waals surface area contributed by atoms with Crippen LogP contribution in [0.2, 0.25) is 0 Å². The summed E-state index contributed by atoms with van der Waals surface area (Å²) in [4.78, 5) is 8.39. The second-order valence-electron chi connectivity index (χ2n) is 3.62.